The molecule has 2 fully saturated rings. The number of fused-ring (bicyclic) bond motifs is 3. The molecule has 0 spiro atoms. The average Bonchev–Trinajstić information content (AvgIpc) is 3.84. The molecule has 2 aliphatic heterocycles. The minimum Gasteiger partial charge on any atom is -0.399 e. The van der Waals surface area contributed by atoms with Gasteiger partial charge in [-0.15, -0.1) is 0 Å². The maximum atomic E-state index is 16.8. The summed E-state index contributed by atoms with van der Waals surface area (Å²) in [5, 5.41) is 0. The van der Waals surface area contributed by atoms with Crippen molar-refractivity contribution in [2.75, 3.05) is 9.80 Å². The van der Waals surface area contributed by atoms with Crippen LogP contribution in [0.1, 0.15) is 66.5 Å². The van der Waals surface area contributed by atoms with Crippen molar-refractivity contribution in [3.63, 3.8) is 0 Å². The zero-order valence-electron chi connectivity index (χ0n) is 41.4. The van der Waals surface area contributed by atoms with Gasteiger partial charge in [0.2, 0.25) is 0 Å². The molecular formula is C61H56B2F2N2O4. The quantitative estimate of drug-likeness (QED) is 0.127. The van der Waals surface area contributed by atoms with Crippen molar-refractivity contribution in [3.8, 4) is 33.4 Å². The van der Waals surface area contributed by atoms with E-state index in [1.807, 2.05) is 152 Å². The van der Waals surface area contributed by atoms with Crippen LogP contribution in [0, 0.1) is 0 Å². The van der Waals surface area contributed by atoms with E-state index >= 15 is 8.78 Å². The molecule has 354 valence electrons. The maximum absolute atomic E-state index is 16.8. The fraction of sp³-hybridized carbons (Fsp3) is 0.213. The van der Waals surface area contributed by atoms with Crippen molar-refractivity contribution in [2.45, 2.75) is 83.7 Å². The molecule has 10 heteroatoms. The Morgan fingerprint density at radius 3 is 0.901 bits per heavy atom. The van der Waals surface area contributed by atoms with Gasteiger partial charge in [-0.25, -0.2) is 0 Å². The standard InChI is InChI=1S/C61H56B2F2N2O4/c1-57(2)58(3,4)69-62(68-57)45-23-31-49(32-24-45)66(47-27-19-43(20-28-47)41-15-11-9-12-16-41)51-35-37-55-53(39-51)54-40-52(36-38-56(54)61(55,64)65)67(48-29-21-44(22-30-48)42-17-13-10-14-18-42)50-33-25-46(26-34-50)63-70-59(5,6)60(7,8)71-63/h9-40H,1-8H3. The Labute approximate surface area is 417 Å². The van der Waals surface area contributed by atoms with Crippen molar-refractivity contribution < 1.29 is 27.4 Å². The topological polar surface area (TPSA) is 43.4 Å². The second-order valence-corrected chi connectivity index (χ2v) is 20.9. The van der Waals surface area contributed by atoms with Crippen molar-refractivity contribution in [3.05, 3.63) is 205 Å². The molecule has 2 heterocycles. The van der Waals surface area contributed by atoms with Crippen molar-refractivity contribution >= 4 is 59.3 Å². The lowest BCUT2D eigenvalue weighted by molar-refractivity contribution is 0.00578. The van der Waals surface area contributed by atoms with E-state index in [1.54, 1.807) is 24.3 Å². The molecule has 0 unspecified atom stereocenters. The number of anilines is 6. The molecule has 3 aliphatic rings. The van der Waals surface area contributed by atoms with E-state index in [2.05, 4.69) is 82.6 Å². The van der Waals surface area contributed by atoms with Crippen LogP contribution in [0.2, 0.25) is 0 Å². The van der Waals surface area contributed by atoms with Gasteiger partial charge in [-0.1, -0.05) is 109 Å². The molecule has 0 saturated carbocycles. The van der Waals surface area contributed by atoms with Crippen LogP contribution in [0.5, 0.6) is 0 Å². The molecule has 0 atom stereocenters. The largest absolute Gasteiger partial charge is 0.494 e. The summed E-state index contributed by atoms with van der Waals surface area (Å²) in [5.74, 6) is -3.22. The molecule has 8 aromatic rings. The van der Waals surface area contributed by atoms with Crippen molar-refractivity contribution in [2.24, 2.45) is 0 Å². The average molecular weight is 941 g/mol. The number of nitrogens with zero attached hydrogens (tertiary/aromatic N) is 2. The highest BCUT2D eigenvalue weighted by Crippen LogP contribution is 2.54. The van der Waals surface area contributed by atoms with Gasteiger partial charge in [-0.05, 0) is 185 Å². The van der Waals surface area contributed by atoms with E-state index in [0.717, 1.165) is 67.3 Å². The molecular weight excluding hydrogens is 884 g/mol. The fourth-order valence-electron chi connectivity index (χ4n) is 9.76. The lowest BCUT2D eigenvalue weighted by atomic mass is 9.79. The second kappa shape index (κ2) is 17.2. The summed E-state index contributed by atoms with van der Waals surface area (Å²) in [6.07, 6.45) is 0. The van der Waals surface area contributed by atoms with Crippen LogP contribution < -0.4 is 20.7 Å². The molecule has 0 amide bonds. The van der Waals surface area contributed by atoms with Crippen LogP contribution in [-0.2, 0) is 24.5 Å². The van der Waals surface area contributed by atoms with Crippen LogP contribution in [0.3, 0.4) is 0 Å². The van der Waals surface area contributed by atoms with Gasteiger partial charge in [-0.2, -0.15) is 8.78 Å². The molecule has 0 N–H and O–H groups in total. The Kier molecular flexibility index (Phi) is 11.3. The first-order chi connectivity index (χ1) is 33.9. The van der Waals surface area contributed by atoms with Crippen LogP contribution in [-0.4, -0.2) is 36.6 Å². The van der Waals surface area contributed by atoms with E-state index in [-0.39, 0.29) is 11.1 Å². The lowest BCUT2D eigenvalue weighted by Crippen LogP contribution is -2.41. The Hall–Kier alpha value is -6.81. The summed E-state index contributed by atoms with van der Waals surface area (Å²) in [6, 6.07) is 64.0. The molecule has 0 radical (unpaired) electrons. The predicted octanol–water partition coefficient (Wildman–Crippen LogP) is 14.7. The monoisotopic (exact) mass is 940 g/mol. The molecule has 0 bridgehead atoms. The molecule has 11 rings (SSSR count). The Morgan fingerprint density at radius 2 is 0.592 bits per heavy atom. The summed E-state index contributed by atoms with van der Waals surface area (Å²) in [7, 11) is -1.06. The van der Waals surface area contributed by atoms with Gasteiger partial charge in [-0.3, -0.25) is 0 Å². The number of halogens is 2. The number of rotatable bonds is 10. The zero-order chi connectivity index (χ0) is 49.5. The van der Waals surface area contributed by atoms with E-state index in [4.69, 9.17) is 18.6 Å². The van der Waals surface area contributed by atoms with Crippen LogP contribution >= 0.6 is 0 Å². The summed E-state index contributed by atoms with van der Waals surface area (Å²) in [5.41, 5.74) is 9.98. The number of hydrogen-bond acceptors (Lipinski definition) is 6. The van der Waals surface area contributed by atoms with Crippen LogP contribution in [0.4, 0.5) is 42.9 Å². The third kappa shape index (κ3) is 8.27. The number of benzene rings is 8. The Morgan fingerprint density at radius 1 is 0.324 bits per heavy atom. The SMILES string of the molecule is CC1(C)OB(c2ccc(N(c3ccc(-c4ccccc4)cc3)c3ccc4c(c3)-c3cc(N(c5ccc(B6OC(C)(C)C(C)(C)O6)cc5)c5ccc(-c6ccccc6)cc5)ccc3C4(F)F)cc2)OC1(C)C. The van der Waals surface area contributed by atoms with E-state index in [9.17, 15) is 0 Å². The van der Waals surface area contributed by atoms with Gasteiger partial charge in [0, 0.05) is 45.3 Å². The van der Waals surface area contributed by atoms with Gasteiger partial charge in [0.1, 0.15) is 0 Å². The number of alkyl halides is 2. The van der Waals surface area contributed by atoms with E-state index in [0.29, 0.717) is 11.1 Å². The first-order valence-corrected chi connectivity index (χ1v) is 24.4. The van der Waals surface area contributed by atoms with Gasteiger partial charge in [0.05, 0.1) is 22.4 Å². The Bertz CT molecular complexity index is 2990. The summed E-state index contributed by atoms with van der Waals surface area (Å²) < 4.78 is 59.3. The minimum absolute atomic E-state index is 0.0330. The highest BCUT2D eigenvalue weighted by molar-refractivity contribution is 6.62. The molecule has 0 aromatic heterocycles. The summed E-state index contributed by atoms with van der Waals surface area (Å²) in [4.78, 5) is 4.23. The predicted molar refractivity (Wildman–Crippen MR) is 287 cm³/mol. The van der Waals surface area contributed by atoms with Crippen molar-refractivity contribution in [1.29, 1.82) is 0 Å². The third-order valence-corrected chi connectivity index (χ3v) is 15.3. The first-order valence-electron chi connectivity index (χ1n) is 24.4. The molecule has 6 nitrogen and oxygen atoms in total. The van der Waals surface area contributed by atoms with Gasteiger partial charge >= 0.3 is 14.2 Å². The fourth-order valence-corrected chi connectivity index (χ4v) is 9.76. The smallest absolute Gasteiger partial charge is 0.399 e. The summed E-state index contributed by atoms with van der Waals surface area (Å²) in [6.45, 7) is 16.4. The minimum atomic E-state index is -3.22. The normalized spacial score (nSPS) is 17.7. The van der Waals surface area contributed by atoms with Crippen molar-refractivity contribution in [1.82, 2.24) is 0 Å². The van der Waals surface area contributed by atoms with E-state index < -0.39 is 42.6 Å². The highest BCUT2D eigenvalue weighted by Gasteiger charge is 2.53. The lowest BCUT2D eigenvalue weighted by Gasteiger charge is -2.32. The van der Waals surface area contributed by atoms with E-state index in [1.165, 1.54) is 0 Å². The van der Waals surface area contributed by atoms with Gasteiger partial charge in [0.25, 0.3) is 5.92 Å². The molecule has 8 aromatic carbocycles. The second-order valence-electron chi connectivity index (χ2n) is 20.9. The highest BCUT2D eigenvalue weighted by atomic mass is 19.3. The Balaban J connectivity index is 0.999. The maximum Gasteiger partial charge on any atom is 0.494 e. The molecule has 2 saturated heterocycles. The third-order valence-electron chi connectivity index (χ3n) is 15.3. The van der Waals surface area contributed by atoms with Crippen LogP contribution in [0.25, 0.3) is 33.4 Å². The van der Waals surface area contributed by atoms with Crippen LogP contribution in [0.15, 0.2) is 194 Å². The van der Waals surface area contributed by atoms with Gasteiger partial charge < -0.3 is 28.4 Å². The molecule has 71 heavy (non-hydrogen) atoms. The molecule has 1 aliphatic carbocycles. The first kappa shape index (κ1) is 46.6. The summed E-state index contributed by atoms with van der Waals surface area (Å²) >= 11 is 0. The van der Waals surface area contributed by atoms with Gasteiger partial charge in [0.15, 0.2) is 0 Å². The zero-order valence-corrected chi connectivity index (χ0v) is 41.4. The number of hydrogen-bond donors (Lipinski definition) is 0.